The van der Waals surface area contributed by atoms with Gasteiger partial charge in [0.05, 0.1) is 0 Å². The van der Waals surface area contributed by atoms with E-state index in [0.717, 1.165) is 11.7 Å². The molecule has 2 rings (SSSR count). The fraction of sp³-hybridized carbons (Fsp3) is 0.571. The molecule has 1 nitrogen and oxygen atoms in total. The van der Waals surface area contributed by atoms with Gasteiger partial charge >= 0.3 is 0 Å². The van der Waals surface area contributed by atoms with Gasteiger partial charge in [0.15, 0.2) is 0 Å². The molecule has 2 heteroatoms. The highest BCUT2D eigenvalue weighted by Crippen LogP contribution is 2.31. The van der Waals surface area contributed by atoms with Crippen LogP contribution in [0.2, 0.25) is 0 Å². The summed E-state index contributed by atoms with van der Waals surface area (Å²) in [4.78, 5) is 1.39. The van der Waals surface area contributed by atoms with Crippen LogP contribution in [0.1, 0.15) is 33.1 Å². The van der Waals surface area contributed by atoms with Crippen molar-refractivity contribution in [2.24, 2.45) is 5.92 Å². The van der Waals surface area contributed by atoms with Gasteiger partial charge in [0, 0.05) is 16.6 Å². The van der Waals surface area contributed by atoms with Crippen molar-refractivity contribution in [1.29, 1.82) is 0 Å². The van der Waals surface area contributed by atoms with Gasteiger partial charge in [-0.25, -0.2) is 0 Å². The number of rotatable bonds is 4. The SMILES string of the molecule is CCSc1ccccc1NC1CCC(C)C1. The zero-order valence-corrected chi connectivity index (χ0v) is 11.0. The maximum absolute atomic E-state index is 3.70. The van der Waals surface area contributed by atoms with Crippen LogP contribution in [0.3, 0.4) is 0 Å². The van der Waals surface area contributed by atoms with Crippen LogP contribution in [0.4, 0.5) is 5.69 Å². The van der Waals surface area contributed by atoms with Crippen LogP contribution < -0.4 is 5.32 Å². The van der Waals surface area contributed by atoms with Gasteiger partial charge in [0.1, 0.15) is 0 Å². The Bertz CT molecular complexity index is 337. The zero-order valence-electron chi connectivity index (χ0n) is 10.2. The summed E-state index contributed by atoms with van der Waals surface area (Å²) in [7, 11) is 0. The van der Waals surface area contributed by atoms with E-state index in [1.807, 2.05) is 11.8 Å². The number of para-hydroxylation sites is 1. The van der Waals surface area contributed by atoms with Gasteiger partial charge in [-0.2, -0.15) is 0 Å². The molecule has 0 saturated heterocycles. The monoisotopic (exact) mass is 235 g/mol. The first-order chi connectivity index (χ1) is 7.79. The van der Waals surface area contributed by atoms with Crippen LogP contribution in [0, 0.1) is 5.92 Å². The second-order valence-corrected chi connectivity index (χ2v) is 5.99. The molecule has 1 saturated carbocycles. The summed E-state index contributed by atoms with van der Waals surface area (Å²) in [5, 5.41) is 3.70. The first-order valence-electron chi connectivity index (χ1n) is 6.28. The molecular formula is C14H21NS. The largest absolute Gasteiger partial charge is 0.381 e. The molecule has 1 fully saturated rings. The lowest BCUT2D eigenvalue weighted by Crippen LogP contribution is -2.15. The first-order valence-corrected chi connectivity index (χ1v) is 7.26. The van der Waals surface area contributed by atoms with Gasteiger partial charge in [-0.05, 0) is 43.1 Å². The van der Waals surface area contributed by atoms with Gasteiger partial charge in [-0.1, -0.05) is 26.0 Å². The Morgan fingerprint density at radius 2 is 2.12 bits per heavy atom. The molecule has 0 heterocycles. The van der Waals surface area contributed by atoms with E-state index in [-0.39, 0.29) is 0 Å². The summed E-state index contributed by atoms with van der Waals surface area (Å²) in [5.74, 6) is 2.03. The minimum absolute atomic E-state index is 0.689. The summed E-state index contributed by atoms with van der Waals surface area (Å²) >= 11 is 1.92. The predicted octanol–water partition coefficient (Wildman–Crippen LogP) is 4.40. The average Bonchev–Trinajstić information content (AvgIpc) is 2.67. The summed E-state index contributed by atoms with van der Waals surface area (Å²) in [6, 6.07) is 9.37. The van der Waals surface area contributed by atoms with Gasteiger partial charge in [-0.15, -0.1) is 11.8 Å². The van der Waals surface area contributed by atoms with Crippen LogP contribution in [0.15, 0.2) is 29.2 Å². The van der Waals surface area contributed by atoms with Gasteiger partial charge < -0.3 is 5.32 Å². The van der Waals surface area contributed by atoms with Crippen molar-refractivity contribution in [3.05, 3.63) is 24.3 Å². The molecule has 2 unspecified atom stereocenters. The highest BCUT2D eigenvalue weighted by Gasteiger charge is 2.21. The molecule has 0 bridgehead atoms. The van der Waals surface area contributed by atoms with E-state index in [9.17, 15) is 0 Å². The van der Waals surface area contributed by atoms with Crippen LogP contribution >= 0.6 is 11.8 Å². The van der Waals surface area contributed by atoms with Gasteiger partial charge in [0.2, 0.25) is 0 Å². The molecule has 0 aromatic heterocycles. The Hall–Kier alpha value is -0.630. The maximum atomic E-state index is 3.70. The summed E-state index contributed by atoms with van der Waals surface area (Å²) in [6.07, 6.45) is 4.03. The number of anilines is 1. The minimum Gasteiger partial charge on any atom is -0.381 e. The Labute approximate surface area is 103 Å². The number of hydrogen-bond donors (Lipinski definition) is 1. The van der Waals surface area contributed by atoms with E-state index in [0.29, 0.717) is 6.04 Å². The lowest BCUT2D eigenvalue weighted by molar-refractivity contribution is 0.602. The molecule has 0 aliphatic heterocycles. The van der Waals surface area contributed by atoms with Crippen molar-refractivity contribution in [2.45, 2.75) is 44.0 Å². The maximum Gasteiger partial charge on any atom is 0.0480 e. The number of thioether (sulfide) groups is 1. The minimum atomic E-state index is 0.689. The van der Waals surface area contributed by atoms with Crippen molar-refractivity contribution in [3.8, 4) is 0 Å². The topological polar surface area (TPSA) is 12.0 Å². The molecule has 0 radical (unpaired) electrons. The van der Waals surface area contributed by atoms with Crippen LogP contribution in [-0.2, 0) is 0 Å². The fourth-order valence-electron chi connectivity index (χ4n) is 2.43. The smallest absolute Gasteiger partial charge is 0.0480 e. The lowest BCUT2D eigenvalue weighted by Gasteiger charge is -2.16. The third-order valence-corrected chi connectivity index (χ3v) is 4.20. The number of nitrogens with one attached hydrogen (secondary N) is 1. The van der Waals surface area contributed by atoms with E-state index in [1.54, 1.807) is 0 Å². The van der Waals surface area contributed by atoms with Gasteiger partial charge in [-0.3, -0.25) is 0 Å². The van der Waals surface area contributed by atoms with Gasteiger partial charge in [0.25, 0.3) is 0 Å². The average molecular weight is 235 g/mol. The highest BCUT2D eigenvalue weighted by molar-refractivity contribution is 7.99. The molecule has 2 atom stereocenters. The number of benzene rings is 1. The first kappa shape index (κ1) is 11.8. The highest BCUT2D eigenvalue weighted by atomic mass is 32.2. The van der Waals surface area contributed by atoms with Crippen molar-refractivity contribution in [1.82, 2.24) is 0 Å². The third-order valence-electron chi connectivity index (χ3n) is 3.24. The van der Waals surface area contributed by atoms with Crippen molar-refractivity contribution in [3.63, 3.8) is 0 Å². The molecule has 1 aromatic carbocycles. The van der Waals surface area contributed by atoms with Crippen molar-refractivity contribution in [2.75, 3.05) is 11.1 Å². The van der Waals surface area contributed by atoms with Crippen LogP contribution in [0.25, 0.3) is 0 Å². The molecule has 1 aliphatic carbocycles. The van der Waals surface area contributed by atoms with E-state index >= 15 is 0 Å². The van der Waals surface area contributed by atoms with E-state index in [1.165, 1.54) is 29.8 Å². The Balaban J connectivity index is 2.02. The predicted molar refractivity (Wildman–Crippen MR) is 73.3 cm³/mol. The summed E-state index contributed by atoms with van der Waals surface area (Å²) in [5.41, 5.74) is 1.33. The molecule has 1 N–H and O–H groups in total. The summed E-state index contributed by atoms with van der Waals surface area (Å²) < 4.78 is 0. The van der Waals surface area contributed by atoms with Crippen molar-refractivity contribution >= 4 is 17.4 Å². The molecule has 1 aliphatic rings. The van der Waals surface area contributed by atoms with Crippen molar-refractivity contribution < 1.29 is 0 Å². The van der Waals surface area contributed by atoms with Crippen LogP contribution in [-0.4, -0.2) is 11.8 Å². The quantitative estimate of drug-likeness (QED) is 0.776. The molecular weight excluding hydrogens is 214 g/mol. The lowest BCUT2D eigenvalue weighted by atomic mass is 10.1. The second-order valence-electron chi connectivity index (χ2n) is 4.69. The number of hydrogen-bond acceptors (Lipinski definition) is 2. The normalized spacial score (nSPS) is 24.6. The molecule has 16 heavy (non-hydrogen) atoms. The Morgan fingerprint density at radius 3 is 2.81 bits per heavy atom. The zero-order chi connectivity index (χ0) is 11.4. The molecule has 0 amide bonds. The van der Waals surface area contributed by atoms with E-state index in [4.69, 9.17) is 0 Å². The third kappa shape index (κ3) is 2.94. The second kappa shape index (κ2) is 5.62. The molecule has 0 spiro atoms. The Kier molecular flexibility index (Phi) is 4.16. The summed E-state index contributed by atoms with van der Waals surface area (Å²) in [6.45, 7) is 4.56. The molecule has 88 valence electrons. The standard InChI is InChI=1S/C14H21NS/c1-3-16-14-7-5-4-6-13(14)15-12-9-8-11(2)10-12/h4-7,11-12,15H,3,8-10H2,1-2H3. The van der Waals surface area contributed by atoms with Crippen LogP contribution in [0.5, 0.6) is 0 Å². The Morgan fingerprint density at radius 1 is 1.31 bits per heavy atom. The fourth-order valence-corrected chi connectivity index (χ4v) is 3.19. The molecule has 1 aromatic rings. The van der Waals surface area contributed by atoms with E-state index < -0.39 is 0 Å². The van der Waals surface area contributed by atoms with E-state index in [2.05, 4.69) is 43.4 Å².